The lowest BCUT2D eigenvalue weighted by Gasteiger charge is -2.17. The summed E-state index contributed by atoms with van der Waals surface area (Å²) < 4.78 is 0. The van der Waals surface area contributed by atoms with Crippen molar-refractivity contribution in [3.63, 3.8) is 0 Å². The Bertz CT molecular complexity index is 1530. The molecule has 0 aliphatic carbocycles. The van der Waals surface area contributed by atoms with E-state index in [1.807, 2.05) is 6.07 Å². The minimum Gasteiger partial charge on any atom is -0.368 e. The van der Waals surface area contributed by atoms with Crippen molar-refractivity contribution in [1.82, 2.24) is 9.97 Å². The average Bonchev–Trinajstić information content (AvgIpc) is 2.89. The molecule has 5 aromatic carbocycles. The number of benzene rings is 5. The quantitative estimate of drug-likeness (QED) is 0.315. The van der Waals surface area contributed by atoms with Crippen LogP contribution >= 0.6 is 0 Å². The van der Waals surface area contributed by atoms with Crippen LogP contribution in [0.1, 0.15) is 11.1 Å². The van der Waals surface area contributed by atoms with Crippen LogP contribution in [0.4, 0.5) is 5.95 Å². The predicted octanol–water partition coefficient (Wildman–Crippen LogP) is 7.29. The van der Waals surface area contributed by atoms with E-state index in [4.69, 9.17) is 15.7 Å². The Morgan fingerprint density at radius 2 is 0.971 bits per heavy atom. The highest BCUT2D eigenvalue weighted by molar-refractivity contribution is 6.00. The third-order valence-electron chi connectivity index (χ3n) is 6.34. The maximum Gasteiger partial charge on any atom is 0.221 e. The number of hydrogen-bond acceptors (Lipinski definition) is 3. The van der Waals surface area contributed by atoms with Crippen molar-refractivity contribution in [2.24, 2.45) is 0 Å². The molecule has 34 heavy (non-hydrogen) atoms. The molecule has 0 saturated heterocycles. The Hall–Kier alpha value is -4.50. The second-order valence-corrected chi connectivity index (χ2v) is 8.47. The molecule has 0 aliphatic heterocycles. The van der Waals surface area contributed by atoms with E-state index in [0.29, 0.717) is 6.42 Å². The summed E-state index contributed by atoms with van der Waals surface area (Å²) in [5.41, 5.74) is 12.6. The van der Waals surface area contributed by atoms with Crippen molar-refractivity contribution in [1.29, 1.82) is 0 Å². The standard InChI is InChI=1S/C31H23N3/c32-31-33-29(26-18-8-14-22-12-4-6-16-24(22)26)28(20-21-10-2-1-3-11-21)30(34-31)27-19-9-15-23-13-5-7-17-25(23)27/h1-19H,20H2,(H2,32,33,34). The molecule has 162 valence electrons. The zero-order chi connectivity index (χ0) is 22.9. The number of rotatable bonds is 4. The van der Waals surface area contributed by atoms with Gasteiger partial charge in [-0.3, -0.25) is 0 Å². The van der Waals surface area contributed by atoms with Crippen LogP contribution < -0.4 is 5.73 Å². The fraction of sp³-hybridized carbons (Fsp3) is 0.0323. The number of nitrogens with zero attached hydrogens (tertiary/aromatic N) is 2. The molecule has 1 aromatic heterocycles. The number of nitrogen functional groups attached to an aromatic ring is 1. The van der Waals surface area contributed by atoms with Crippen molar-refractivity contribution >= 4 is 27.5 Å². The van der Waals surface area contributed by atoms with E-state index in [9.17, 15) is 0 Å². The van der Waals surface area contributed by atoms with Gasteiger partial charge in [-0.05, 0) is 27.1 Å². The first-order valence-corrected chi connectivity index (χ1v) is 11.4. The molecule has 1 heterocycles. The largest absolute Gasteiger partial charge is 0.368 e. The van der Waals surface area contributed by atoms with Gasteiger partial charge in [-0.15, -0.1) is 0 Å². The van der Waals surface area contributed by atoms with E-state index in [1.54, 1.807) is 0 Å². The second kappa shape index (κ2) is 8.45. The van der Waals surface area contributed by atoms with Gasteiger partial charge in [0.15, 0.2) is 0 Å². The van der Waals surface area contributed by atoms with Crippen molar-refractivity contribution < 1.29 is 0 Å². The SMILES string of the molecule is Nc1nc(-c2cccc3ccccc23)c(Cc2ccccc2)c(-c2cccc3ccccc23)n1. The molecule has 3 nitrogen and oxygen atoms in total. The van der Waals surface area contributed by atoms with Crippen LogP contribution in [0.5, 0.6) is 0 Å². The molecule has 2 N–H and O–H groups in total. The van der Waals surface area contributed by atoms with Crippen LogP contribution in [0.2, 0.25) is 0 Å². The van der Waals surface area contributed by atoms with Gasteiger partial charge < -0.3 is 5.73 Å². The van der Waals surface area contributed by atoms with E-state index < -0.39 is 0 Å². The second-order valence-electron chi connectivity index (χ2n) is 8.47. The maximum atomic E-state index is 6.36. The molecule has 0 atom stereocenters. The number of nitrogens with two attached hydrogens (primary N) is 1. The molecule has 0 bridgehead atoms. The van der Waals surface area contributed by atoms with Gasteiger partial charge in [-0.1, -0.05) is 115 Å². The van der Waals surface area contributed by atoms with Gasteiger partial charge in [0.05, 0.1) is 11.4 Å². The van der Waals surface area contributed by atoms with Crippen molar-refractivity contribution in [3.8, 4) is 22.5 Å². The molecule has 0 spiro atoms. The normalized spacial score (nSPS) is 11.2. The maximum absolute atomic E-state index is 6.36. The Labute approximate surface area is 198 Å². The van der Waals surface area contributed by atoms with E-state index >= 15 is 0 Å². The van der Waals surface area contributed by atoms with E-state index in [2.05, 4.69) is 109 Å². The van der Waals surface area contributed by atoms with Crippen LogP contribution in [0, 0.1) is 0 Å². The highest BCUT2D eigenvalue weighted by Crippen LogP contribution is 2.38. The summed E-state index contributed by atoms with van der Waals surface area (Å²) in [7, 11) is 0. The lowest BCUT2D eigenvalue weighted by molar-refractivity contribution is 1.10. The van der Waals surface area contributed by atoms with E-state index in [1.165, 1.54) is 16.3 Å². The Kier molecular flexibility index (Phi) is 5.00. The molecule has 6 rings (SSSR count). The monoisotopic (exact) mass is 437 g/mol. The number of anilines is 1. The Morgan fingerprint density at radius 3 is 1.53 bits per heavy atom. The predicted molar refractivity (Wildman–Crippen MR) is 142 cm³/mol. The summed E-state index contributed by atoms with van der Waals surface area (Å²) in [6.45, 7) is 0. The summed E-state index contributed by atoms with van der Waals surface area (Å²) in [6.07, 6.45) is 0.707. The van der Waals surface area contributed by atoms with Crippen molar-refractivity contribution in [3.05, 3.63) is 126 Å². The molecule has 0 radical (unpaired) electrons. The van der Waals surface area contributed by atoms with Gasteiger partial charge in [0.25, 0.3) is 0 Å². The lowest BCUT2D eigenvalue weighted by Crippen LogP contribution is -2.06. The minimum atomic E-state index is 0.280. The fourth-order valence-electron chi connectivity index (χ4n) is 4.78. The summed E-state index contributed by atoms with van der Waals surface area (Å²) >= 11 is 0. The van der Waals surface area contributed by atoms with Crippen LogP contribution in [-0.4, -0.2) is 9.97 Å². The van der Waals surface area contributed by atoms with Crippen molar-refractivity contribution in [2.75, 3.05) is 5.73 Å². The summed E-state index contributed by atoms with van der Waals surface area (Å²) in [5.74, 6) is 0.280. The van der Waals surface area contributed by atoms with Crippen molar-refractivity contribution in [2.45, 2.75) is 6.42 Å². The van der Waals surface area contributed by atoms with Gasteiger partial charge in [0.1, 0.15) is 0 Å². The molecule has 3 heteroatoms. The van der Waals surface area contributed by atoms with Crippen LogP contribution in [0.25, 0.3) is 44.1 Å². The Balaban J connectivity index is 1.69. The number of aromatic nitrogens is 2. The Morgan fingerprint density at radius 1 is 0.500 bits per heavy atom. The summed E-state index contributed by atoms with van der Waals surface area (Å²) in [4.78, 5) is 9.65. The van der Waals surface area contributed by atoms with Gasteiger partial charge in [0, 0.05) is 23.1 Å². The fourth-order valence-corrected chi connectivity index (χ4v) is 4.78. The summed E-state index contributed by atoms with van der Waals surface area (Å²) in [6, 6.07) is 40.0. The molecule has 0 unspecified atom stereocenters. The van der Waals surface area contributed by atoms with Crippen LogP contribution in [-0.2, 0) is 6.42 Å². The first-order chi connectivity index (χ1) is 16.8. The number of hydrogen-bond donors (Lipinski definition) is 1. The van der Waals surface area contributed by atoms with Gasteiger partial charge >= 0.3 is 0 Å². The summed E-state index contributed by atoms with van der Waals surface area (Å²) in [5, 5.41) is 4.66. The number of fused-ring (bicyclic) bond motifs is 2. The molecule has 0 fully saturated rings. The lowest BCUT2D eigenvalue weighted by atomic mass is 9.91. The molecule has 0 saturated carbocycles. The molecule has 6 aromatic rings. The zero-order valence-electron chi connectivity index (χ0n) is 18.6. The van der Waals surface area contributed by atoms with Gasteiger partial charge in [-0.2, -0.15) is 0 Å². The molecular weight excluding hydrogens is 414 g/mol. The van der Waals surface area contributed by atoms with Gasteiger partial charge in [-0.25, -0.2) is 9.97 Å². The zero-order valence-corrected chi connectivity index (χ0v) is 18.6. The first kappa shape index (κ1) is 20.1. The van der Waals surface area contributed by atoms with Gasteiger partial charge in [0.2, 0.25) is 5.95 Å². The van der Waals surface area contributed by atoms with E-state index in [-0.39, 0.29) is 5.95 Å². The highest BCUT2D eigenvalue weighted by atomic mass is 15.0. The van der Waals surface area contributed by atoms with E-state index in [0.717, 1.165) is 38.9 Å². The molecule has 0 amide bonds. The smallest absolute Gasteiger partial charge is 0.221 e. The highest BCUT2D eigenvalue weighted by Gasteiger charge is 2.20. The first-order valence-electron chi connectivity index (χ1n) is 11.4. The third-order valence-corrected chi connectivity index (χ3v) is 6.34. The minimum absolute atomic E-state index is 0.280. The molecular formula is C31H23N3. The average molecular weight is 438 g/mol. The van der Waals surface area contributed by atoms with Crippen LogP contribution in [0.15, 0.2) is 115 Å². The topological polar surface area (TPSA) is 51.8 Å². The third kappa shape index (κ3) is 3.57. The molecule has 0 aliphatic rings. The van der Waals surface area contributed by atoms with Crippen LogP contribution in [0.3, 0.4) is 0 Å².